The molecule has 0 radical (unpaired) electrons. The van der Waals surface area contributed by atoms with Crippen molar-refractivity contribution in [2.24, 2.45) is 0 Å². The second kappa shape index (κ2) is 3.42. The number of aromatic nitrogens is 1. The molecule has 0 atom stereocenters. The maximum Gasteiger partial charge on any atom is 0.417 e. The minimum Gasteiger partial charge on any atom is -0.464 e. The standard InChI is InChI=1S/C10H6F3NO/c11-10(12,13)8-4-7(5-14-6-8)9-2-1-3-15-9/h1-6H. The molecule has 0 amide bonds. The molecular weight excluding hydrogens is 207 g/mol. The molecule has 2 aromatic rings. The largest absolute Gasteiger partial charge is 0.464 e. The summed E-state index contributed by atoms with van der Waals surface area (Å²) in [7, 11) is 0. The molecule has 78 valence electrons. The van der Waals surface area contributed by atoms with Gasteiger partial charge in [-0.15, -0.1) is 0 Å². The van der Waals surface area contributed by atoms with E-state index < -0.39 is 11.7 Å². The van der Waals surface area contributed by atoms with Crippen LogP contribution in [0.4, 0.5) is 13.2 Å². The van der Waals surface area contributed by atoms with Crippen molar-refractivity contribution in [2.45, 2.75) is 6.18 Å². The predicted molar refractivity (Wildman–Crippen MR) is 46.9 cm³/mol. The van der Waals surface area contributed by atoms with Crippen LogP contribution in [0.3, 0.4) is 0 Å². The van der Waals surface area contributed by atoms with Crippen molar-refractivity contribution in [2.75, 3.05) is 0 Å². The minimum atomic E-state index is -4.38. The van der Waals surface area contributed by atoms with Crippen LogP contribution in [0.2, 0.25) is 0 Å². The molecule has 2 aromatic heterocycles. The first kappa shape index (κ1) is 9.76. The summed E-state index contributed by atoms with van der Waals surface area (Å²) in [6, 6.07) is 4.19. The van der Waals surface area contributed by atoms with Crippen molar-refractivity contribution < 1.29 is 17.6 Å². The Morgan fingerprint density at radius 1 is 1.20 bits per heavy atom. The summed E-state index contributed by atoms with van der Waals surface area (Å²) in [4.78, 5) is 3.53. The number of alkyl halides is 3. The summed E-state index contributed by atoms with van der Waals surface area (Å²) in [6.07, 6.45) is -0.869. The normalized spacial score (nSPS) is 11.7. The Labute approximate surface area is 83.4 Å². The Morgan fingerprint density at radius 2 is 2.00 bits per heavy atom. The van der Waals surface area contributed by atoms with Crippen molar-refractivity contribution in [3.8, 4) is 11.3 Å². The van der Waals surface area contributed by atoms with E-state index in [2.05, 4.69) is 4.98 Å². The lowest BCUT2D eigenvalue weighted by molar-refractivity contribution is -0.137. The third-order valence-electron chi connectivity index (χ3n) is 1.87. The lowest BCUT2D eigenvalue weighted by Crippen LogP contribution is -2.05. The van der Waals surface area contributed by atoms with E-state index in [1.807, 2.05) is 0 Å². The zero-order valence-corrected chi connectivity index (χ0v) is 7.45. The topological polar surface area (TPSA) is 26.0 Å². The first-order valence-corrected chi connectivity index (χ1v) is 4.13. The fourth-order valence-electron chi connectivity index (χ4n) is 1.17. The molecule has 5 heteroatoms. The minimum absolute atomic E-state index is 0.315. The summed E-state index contributed by atoms with van der Waals surface area (Å²) in [6.45, 7) is 0. The van der Waals surface area contributed by atoms with Crippen molar-refractivity contribution in [3.05, 3.63) is 42.4 Å². The Kier molecular flexibility index (Phi) is 2.22. The average molecular weight is 213 g/mol. The Bertz CT molecular complexity index is 448. The molecule has 0 aliphatic carbocycles. The quantitative estimate of drug-likeness (QED) is 0.725. The average Bonchev–Trinajstić information content (AvgIpc) is 2.69. The zero-order chi connectivity index (χ0) is 10.9. The fraction of sp³-hybridized carbons (Fsp3) is 0.100. The lowest BCUT2D eigenvalue weighted by Gasteiger charge is -2.06. The number of hydrogen-bond acceptors (Lipinski definition) is 2. The van der Waals surface area contributed by atoms with Gasteiger partial charge in [0, 0.05) is 18.0 Å². The van der Waals surface area contributed by atoms with Crippen LogP contribution in [0.5, 0.6) is 0 Å². The Hall–Kier alpha value is -1.78. The molecule has 0 saturated heterocycles. The summed E-state index contributed by atoms with van der Waals surface area (Å²) in [5.74, 6) is 0.369. The number of rotatable bonds is 1. The zero-order valence-electron chi connectivity index (χ0n) is 7.45. The van der Waals surface area contributed by atoms with Crippen LogP contribution in [0.1, 0.15) is 5.56 Å². The van der Waals surface area contributed by atoms with Gasteiger partial charge in [-0.3, -0.25) is 4.98 Å². The molecule has 0 aliphatic heterocycles. The van der Waals surface area contributed by atoms with Gasteiger partial charge in [0.25, 0.3) is 0 Å². The van der Waals surface area contributed by atoms with E-state index in [1.165, 1.54) is 12.5 Å². The molecule has 0 bridgehead atoms. The second-order valence-electron chi connectivity index (χ2n) is 2.94. The summed E-state index contributed by atoms with van der Waals surface area (Å²) in [5.41, 5.74) is -0.466. The smallest absolute Gasteiger partial charge is 0.417 e. The number of nitrogens with zero attached hydrogens (tertiary/aromatic N) is 1. The van der Waals surface area contributed by atoms with E-state index in [1.54, 1.807) is 12.1 Å². The van der Waals surface area contributed by atoms with Crippen LogP contribution in [0.15, 0.2) is 41.3 Å². The van der Waals surface area contributed by atoms with E-state index in [0.717, 1.165) is 12.3 Å². The fourth-order valence-corrected chi connectivity index (χ4v) is 1.17. The predicted octanol–water partition coefficient (Wildman–Crippen LogP) is 3.36. The molecule has 2 rings (SSSR count). The maximum absolute atomic E-state index is 12.3. The first-order chi connectivity index (χ1) is 7.07. The van der Waals surface area contributed by atoms with E-state index >= 15 is 0 Å². The van der Waals surface area contributed by atoms with Gasteiger partial charge in [0.05, 0.1) is 11.8 Å². The Balaban J connectivity index is 2.44. The molecule has 0 aromatic carbocycles. The number of hydrogen-bond donors (Lipinski definition) is 0. The van der Waals surface area contributed by atoms with Crippen LogP contribution in [-0.2, 0) is 6.18 Å². The van der Waals surface area contributed by atoms with Crippen LogP contribution >= 0.6 is 0 Å². The highest BCUT2D eigenvalue weighted by Crippen LogP contribution is 2.31. The van der Waals surface area contributed by atoms with Gasteiger partial charge in [0.2, 0.25) is 0 Å². The Morgan fingerprint density at radius 3 is 2.60 bits per heavy atom. The monoisotopic (exact) mass is 213 g/mol. The molecular formula is C10H6F3NO. The summed E-state index contributed by atoms with van der Waals surface area (Å²) >= 11 is 0. The third-order valence-corrected chi connectivity index (χ3v) is 1.87. The van der Waals surface area contributed by atoms with Gasteiger partial charge >= 0.3 is 6.18 Å². The van der Waals surface area contributed by atoms with Crippen LogP contribution in [-0.4, -0.2) is 4.98 Å². The van der Waals surface area contributed by atoms with Crippen LogP contribution in [0, 0.1) is 0 Å². The molecule has 0 saturated carbocycles. The summed E-state index contributed by atoms with van der Waals surface area (Å²) in [5, 5.41) is 0. The summed E-state index contributed by atoms with van der Waals surface area (Å²) < 4.78 is 42.0. The van der Waals surface area contributed by atoms with Gasteiger partial charge in [-0.1, -0.05) is 0 Å². The van der Waals surface area contributed by atoms with E-state index in [4.69, 9.17) is 4.42 Å². The highest BCUT2D eigenvalue weighted by molar-refractivity contribution is 5.56. The van der Waals surface area contributed by atoms with Crippen molar-refractivity contribution >= 4 is 0 Å². The third kappa shape index (κ3) is 2.01. The molecule has 0 N–H and O–H groups in total. The molecule has 0 unspecified atom stereocenters. The highest BCUT2D eigenvalue weighted by Gasteiger charge is 2.31. The lowest BCUT2D eigenvalue weighted by atomic mass is 10.1. The molecule has 0 aliphatic rings. The molecule has 0 fully saturated rings. The first-order valence-electron chi connectivity index (χ1n) is 4.13. The SMILES string of the molecule is FC(F)(F)c1cncc(-c2ccco2)c1. The molecule has 2 heterocycles. The van der Waals surface area contributed by atoms with Gasteiger partial charge in [0.1, 0.15) is 5.76 Å². The highest BCUT2D eigenvalue weighted by atomic mass is 19.4. The molecule has 0 spiro atoms. The van der Waals surface area contributed by atoms with Gasteiger partial charge in [0.15, 0.2) is 0 Å². The number of pyridine rings is 1. The van der Waals surface area contributed by atoms with Gasteiger partial charge in [-0.25, -0.2) is 0 Å². The van der Waals surface area contributed by atoms with Crippen LogP contribution in [0.25, 0.3) is 11.3 Å². The van der Waals surface area contributed by atoms with Gasteiger partial charge < -0.3 is 4.42 Å². The van der Waals surface area contributed by atoms with E-state index in [-0.39, 0.29) is 0 Å². The van der Waals surface area contributed by atoms with Crippen molar-refractivity contribution in [1.29, 1.82) is 0 Å². The van der Waals surface area contributed by atoms with Crippen molar-refractivity contribution in [1.82, 2.24) is 4.98 Å². The maximum atomic E-state index is 12.3. The van der Waals surface area contributed by atoms with E-state index in [0.29, 0.717) is 11.3 Å². The number of furan rings is 1. The van der Waals surface area contributed by atoms with Crippen molar-refractivity contribution in [3.63, 3.8) is 0 Å². The van der Waals surface area contributed by atoms with Gasteiger partial charge in [-0.05, 0) is 18.2 Å². The van der Waals surface area contributed by atoms with Gasteiger partial charge in [-0.2, -0.15) is 13.2 Å². The molecule has 15 heavy (non-hydrogen) atoms. The molecule has 2 nitrogen and oxygen atoms in total. The second-order valence-corrected chi connectivity index (χ2v) is 2.94. The number of halogens is 3. The van der Waals surface area contributed by atoms with E-state index in [9.17, 15) is 13.2 Å². The van der Waals surface area contributed by atoms with Crippen LogP contribution < -0.4 is 0 Å².